The third-order valence-corrected chi connectivity index (χ3v) is 11.6. The first-order valence-electron chi connectivity index (χ1n) is 24.4. The lowest BCUT2D eigenvalue weighted by Gasteiger charge is -2.18. The van der Waals surface area contributed by atoms with Gasteiger partial charge in [-0.15, -0.1) is 0 Å². The zero-order valence-corrected chi connectivity index (χ0v) is 37.8. The monoisotopic (exact) mass is 803 g/mol. The zero-order chi connectivity index (χ0) is 40.2. The lowest BCUT2D eigenvalue weighted by atomic mass is 10.0. The number of rotatable bonds is 47. The van der Waals surface area contributed by atoms with Crippen molar-refractivity contribution in [1.82, 2.24) is 0 Å². The van der Waals surface area contributed by atoms with Crippen LogP contribution in [0.4, 0.5) is 0 Å². The van der Waals surface area contributed by atoms with Gasteiger partial charge in [-0.05, 0) is 12.8 Å². The number of hydrogen-bond donors (Lipinski definition) is 2. The first-order chi connectivity index (χ1) is 26.9. The lowest BCUT2D eigenvalue weighted by Crippen LogP contribution is -2.28. The van der Waals surface area contributed by atoms with Crippen molar-refractivity contribution in [3.8, 4) is 0 Å². The van der Waals surface area contributed by atoms with Crippen molar-refractivity contribution >= 4 is 13.8 Å². The third kappa shape index (κ3) is 47.8. The van der Waals surface area contributed by atoms with Gasteiger partial charge in [0.15, 0.2) is 0 Å². The molecule has 0 aromatic heterocycles. The zero-order valence-electron chi connectivity index (χ0n) is 36.9. The van der Waals surface area contributed by atoms with Crippen LogP contribution in [-0.4, -0.2) is 41.7 Å². The van der Waals surface area contributed by atoms with Crippen LogP contribution in [-0.2, 0) is 23.4 Å². The molecule has 0 aromatic carbocycles. The minimum absolute atomic E-state index is 0.0866. The van der Waals surface area contributed by atoms with Gasteiger partial charge in [-0.3, -0.25) is 9.32 Å². The van der Waals surface area contributed by atoms with E-state index < -0.39 is 13.9 Å². The second-order valence-corrected chi connectivity index (χ2v) is 18.0. The Balaban J connectivity index is 3.59. The van der Waals surface area contributed by atoms with E-state index in [-0.39, 0.29) is 19.2 Å². The van der Waals surface area contributed by atoms with Gasteiger partial charge in [-0.1, -0.05) is 251 Å². The lowest BCUT2D eigenvalue weighted by molar-refractivity contribution is -0.154. The summed E-state index contributed by atoms with van der Waals surface area (Å²) in [7, 11) is -4.65. The molecule has 0 aromatic rings. The van der Waals surface area contributed by atoms with Crippen molar-refractivity contribution < 1.29 is 33.1 Å². The molecule has 0 radical (unpaired) electrons. The van der Waals surface area contributed by atoms with E-state index in [0.717, 1.165) is 32.1 Å². The summed E-state index contributed by atoms with van der Waals surface area (Å²) in [4.78, 5) is 30.7. The topological polar surface area (TPSA) is 102 Å². The fraction of sp³-hybridized carbons (Fsp3) is 0.979. The molecule has 0 saturated heterocycles. The quantitative estimate of drug-likeness (QED) is 0.0359. The number of ether oxygens (including phenoxy) is 2. The van der Waals surface area contributed by atoms with Crippen LogP contribution < -0.4 is 0 Å². The summed E-state index contributed by atoms with van der Waals surface area (Å²) in [6.45, 7) is 4.81. The Morgan fingerprint density at radius 1 is 0.418 bits per heavy atom. The predicted molar refractivity (Wildman–Crippen MR) is 235 cm³/mol. The van der Waals surface area contributed by atoms with Crippen molar-refractivity contribution in [3.05, 3.63) is 0 Å². The Labute approximate surface area is 342 Å². The minimum atomic E-state index is -4.65. The predicted octanol–water partition coefficient (Wildman–Crippen LogP) is 15.7. The summed E-state index contributed by atoms with van der Waals surface area (Å²) in [5.41, 5.74) is 0. The van der Waals surface area contributed by atoms with Crippen molar-refractivity contribution in [3.63, 3.8) is 0 Å². The molecule has 0 saturated carbocycles. The van der Waals surface area contributed by atoms with Gasteiger partial charge in [-0.25, -0.2) is 4.57 Å². The highest BCUT2D eigenvalue weighted by molar-refractivity contribution is 7.46. The first kappa shape index (κ1) is 54.5. The maximum absolute atomic E-state index is 12.4. The number of hydrogen-bond acceptors (Lipinski definition) is 5. The van der Waals surface area contributed by atoms with E-state index in [1.54, 1.807) is 0 Å². The summed E-state index contributed by atoms with van der Waals surface area (Å²) in [5, 5.41) is 0. The van der Waals surface area contributed by atoms with E-state index in [9.17, 15) is 9.36 Å². The second kappa shape index (κ2) is 44.6. The highest BCUT2D eigenvalue weighted by Crippen LogP contribution is 2.36. The van der Waals surface area contributed by atoms with Gasteiger partial charge in [0.2, 0.25) is 0 Å². The van der Waals surface area contributed by atoms with E-state index >= 15 is 0 Å². The molecule has 0 bridgehead atoms. The van der Waals surface area contributed by atoms with E-state index in [1.165, 1.54) is 218 Å². The fourth-order valence-corrected chi connectivity index (χ4v) is 7.92. The van der Waals surface area contributed by atoms with Crippen molar-refractivity contribution in [1.29, 1.82) is 0 Å². The van der Waals surface area contributed by atoms with Gasteiger partial charge < -0.3 is 19.3 Å². The average molecular weight is 803 g/mol. The molecule has 0 fully saturated rings. The largest absolute Gasteiger partial charge is 0.469 e. The molecule has 8 heteroatoms. The van der Waals surface area contributed by atoms with Crippen LogP contribution in [0.5, 0.6) is 0 Å². The average Bonchev–Trinajstić information content (AvgIpc) is 3.16. The molecule has 0 amide bonds. The van der Waals surface area contributed by atoms with E-state index in [0.29, 0.717) is 13.0 Å². The highest BCUT2D eigenvalue weighted by atomic mass is 31.2. The van der Waals surface area contributed by atoms with Gasteiger partial charge in [0.05, 0.1) is 13.2 Å². The molecule has 330 valence electrons. The van der Waals surface area contributed by atoms with E-state index in [1.807, 2.05) is 0 Å². The molecule has 0 aliphatic heterocycles. The van der Waals surface area contributed by atoms with Crippen LogP contribution in [0.1, 0.15) is 271 Å². The normalized spacial score (nSPS) is 12.4. The van der Waals surface area contributed by atoms with Crippen LogP contribution >= 0.6 is 7.82 Å². The summed E-state index contributed by atoms with van der Waals surface area (Å²) in [5.74, 6) is -0.354. The Morgan fingerprint density at radius 3 is 0.982 bits per heavy atom. The van der Waals surface area contributed by atoms with Gasteiger partial charge in [0.25, 0.3) is 0 Å². The standard InChI is InChI=1S/C47H95O7P/c1-3-5-7-9-11-13-15-17-18-19-20-21-22-23-24-25-26-27-28-29-30-31-32-34-36-38-40-42-47(48)54-46(45-53-55(49,50)51)44-52-43-41-39-37-35-33-16-14-12-10-8-6-4-2/h46H,3-45H2,1-2H3,(H2,49,50,51)/t46-/m1/s1. The van der Waals surface area contributed by atoms with Gasteiger partial charge in [-0.2, -0.15) is 0 Å². The maximum atomic E-state index is 12.4. The number of phosphoric ester groups is 1. The smallest absolute Gasteiger partial charge is 0.457 e. The number of unbranched alkanes of at least 4 members (excludes halogenated alkanes) is 37. The minimum Gasteiger partial charge on any atom is -0.457 e. The maximum Gasteiger partial charge on any atom is 0.469 e. The Bertz CT molecular complexity index is 804. The van der Waals surface area contributed by atoms with Crippen LogP contribution in [0.15, 0.2) is 0 Å². The molecule has 2 N–H and O–H groups in total. The Kier molecular flexibility index (Phi) is 44.3. The fourth-order valence-electron chi connectivity index (χ4n) is 7.56. The third-order valence-electron chi connectivity index (χ3n) is 11.2. The first-order valence-corrected chi connectivity index (χ1v) is 25.9. The molecule has 0 spiro atoms. The van der Waals surface area contributed by atoms with Crippen LogP contribution in [0.25, 0.3) is 0 Å². The second-order valence-electron chi connectivity index (χ2n) is 16.8. The van der Waals surface area contributed by atoms with Gasteiger partial charge in [0.1, 0.15) is 6.10 Å². The number of carbonyl (C=O) groups excluding carboxylic acids is 1. The molecule has 1 atom stereocenters. The van der Waals surface area contributed by atoms with Gasteiger partial charge >= 0.3 is 13.8 Å². The van der Waals surface area contributed by atoms with Crippen LogP contribution in [0.3, 0.4) is 0 Å². The molecular formula is C47H95O7P. The summed E-state index contributed by atoms with van der Waals surface area (Å²) < 4.78 is 27.0. The van der Waals surface area contributed by atoms with Crippen molar-refractivity contribution in [2.75, 3.05) is 19.8 Å². The highest BCUT2D eigenvalue weighted by Gasteiger charge is 2.21. The van der Waals surface area contributed by atoms with Crippen molar-refractivity contribution in [2.24, 2.45) is 0 Å². The Morgan fingerprint density at radius 2 is 0.691 bits per heavy atom. The SMILES string of the molecule is CCCCCCCCCCCCCCCCCCCCCCCCCCCCCC(=O)O[C@H](COCCCCCCCCCCCCCC)COP(=O)(O)O. The molecule has 0 aliphatic carbocycles. The van der Waals surface area contributed by atoms with E-state index in [4.69, 9.17) is 19.3 Å². The van der Waals surface area contributed by atoms with Crippen LogP contribution in [0.2, 0.25) is 0 Å². The summed E-state index contributed by atoms with van der Waals surface area (Å²) in [6, 6.07) is 0. The molecule has 55 heavy (non-hydrogen) atoms. The number of esters is 1. The molecule has 0 aliphatic rings. The summed E-state index contributed by atoms with van der Waals surface area (Å²) in [6.07, 6.45) is 51.3. The van der Waals surface area contributed by atoms with Gasteiger partial charge in [0, 0.05) is 13.0 Å². The van der Waals surface area contributed by atoms with E-state index in [2.05, 4.69) is 18.4 Å². The molecular weight excluding hydrogens is 707 g/mol. The molecule has 0 rings (SSSR count). The number of carbonyl (C=O) groups is 1. The van der Waals surface area contributed by atoms with Crippen molar-refractivity contribution in [2.45, 2.75) is 277 Å². The van der Waals surface area contributed by atoms with Crippen LogP contribution in [0, 0.1) is 0 Å². The molecule has 0 unspecified atom stereocenters. The summed E-state index contributed by atoms with van der Waals surface area (Å²) >= 11 is 0. The molecule has 7 nitrogen and oxygen atoms in total. The number of phosphoric acid groups is 1. The molecule has 0 heterocycles. The Hall–Kier alpha value is -0.460.